The summed E-state index contributed by atoms with van der Waals surface area (Å²) in [6.07, 6.45) is 0.362. The Kier molecular flexibility index (Phi) is 7.86. The van der Waals surface area contributed by atoms with Crippen LogP contribution < -0.4 is 10.1 Å². The molecule has 0 aliphatic rings. The van der Waals surface area contributed by atoms with E-state index in [0.29, 0.717) is 30.3 Å². The van der Waals surface area contributed by atoms with Crippen LogP contribution in [0.3, 0.4) is 0 Å². The van der Waals surface area contributed by atoms with Gasteiger partial charge in [0, 0.05) is 6.42 Å². The van der Waals surface area contributed by atoms with Crippen LogP contribution in [0.2, 0.25) is 0 Å². The molecule has 2 aromatic carbocycles. The third-order valence-corrected chi connectivity index (χ3v) is 3.86. The first-order valence-electron chi connectivity index (χ1n) is 9.24. The Bertz CT molecular complexity index is 743. The molecule has 0 fully saturated rings. The summed E-state index contributed by atoms with van der Waals surface area (Å²) in [6.45, 7) is 6.59. The fourth-order valence-corrected chi connectivity index (χ4v) is 2.56. The average Bonchev–Trinajstić information content (AvgIpc) is 2.67. The zero-order chi connectivity index (χ0) is 19.6. The molecule has 2 aromatic rings. The van der Waals surface area contributed by atoms with Crippen molar-refractivity contribution in [2.75, 3.05) is 13.2 Å². The van der Waals surface area contributed by atoms with E-state index in [2.05, 4.69) is 5.32 Å². The minimum atomic E-state index is -0.766. The summed E-state index contributed by atoms with van der Waals surface area (Å²) in [6, 6.07) is 15.8. The number of esters is 1. The maximum absolute atomic E-state index is 12.8. The van der Waals surface area contributed by atoms with Crippen molar-refractivity contribution in [3.05, 3.63) is 65.7 Å². The average molecular weight is 369 g/mol. The van der Waals surface area contributed by atoms with Crippen LogP contribution in [0.5, 0.6) is 5.75 Å². The van der Waals surface area contributed by atoms with Gasteiger partial charge in [-0.25, -0.2) is 4.79 Å². The highest BCUT2D eigenvalue weighted by molar-refractivity contribution is 5.99. The SMILES string of the molecule is CCOC(=O)C(Cc1ccccc1)NC(=O)c1ccccc1OCC(C)C. The van der Waals surface area contributed by atoms with E-state index < -0.39 is 12.0 Å². The first kappa shape index (κ1) is 20.5. The lowest BCUT2D eigenvalue weighted by molar-refractivity contribution is -0.145. The van der Waals surface area contributed by atoms with Gasteiger partial charge in [-0.3, -0.25) is 4.79 Å². The van der Waals surface area contributed by atoms with Crippen LogP contribution in [-0.2, 0) is 16.0 Å². The summed E-state index contributed by atoms with van der Waals surface area (Å²) in [5, 5.41) is 2.80. The summed E-state index contributed by atoms with van der Waals surface area (Å²) >= 11 is 0. The molecule has 144 valence electrons. The van der Waals surface area contributed by atoms with Gasteiger partial charge in [0.05, 0.1) is 18.8 Å². The molecule has 27 heavy (non-hydrogen) atoms. The summed E-state index contributed by atoms with van der Waals surface area (Å²) in [7, 11) is 0. The molecular formula is C22H27NO4. The smallest absolute Gasteiger partial charge is 0.328 e. The third-order valence-electron chi connectivity index (χ3n) is 3.86. The Morgan fingerprint density at radius 1 is 1.00 bits per heavy atom. The van der Waals surface area contributed by atoms with Crippen LogP contribution in [0.4, 0.5) is 0 Å². The lowest BCUT2D eigenvalue weighted by Gasteiger charge is -2.19. The lowest BCUT2D eigenvalue weighted by atomic mass is 10.1. The van der Waals surface area contributed by atoms with Crippen LogP contribution in [0.15, 0.2) is 54.6 Å². The minimum Gasteiger partial charge on any atom is -0.492 e. The van der Waals surface area contributed by atoms with Crippen molar-refractivity contribution < 1.29 is 19.1 Å². The van der Waals surface area contributed by atoms with Gasteiger partial charge >= 0.3 is 5.97 Å². The number of hydrogen-bond donors (Lipinski definition) is 1. The number of hydrogen-bond acceptors (Lipinski definition) is 4. The molecule has 1 atom stereocenters. The maximum Gasteiger partial charge on any atom is 0.328 e. The van der Waals surface area contributed by atoms with Crippen molar-refractivity contribution in [1.29, 1.82) is 0 Å². The second-order valence-electron chi connectivity index (χ2n) is 6.67. The van der Waals surface area contributed by atoms with Gasteiger partial charge in [0.25, 0.3) is 5.91 Å². The fourth-order valence-electron chi connectivity index (χ4n) is 2.56. The number of carbonyl (C=O) groups is 2. The van der Waals surface area contributed by atoms with Crippen molar-refractivity contribution in [3.8, 4) is 5.75 Å². The molecule has 0 spiro atoms. The van der Waals surface area contributed by atoms with Crippen LogP contribution in [0.25, 0.3) is 0 Å². The standard InChI is InChI=1S/C22H27NO4/c1-4-26-22(25)19(14-17-10-6-5-7-11-17)23-21(24)18-12-8-9-13-20(18)27-15-16(2)3/h5-13,16,19H,4,14-15H2,1-3H3,(H,23,24). The van der Waals surface area contributed by atoms with Gasteiger partial charge in [-0.2, -0.15) is 0 Å². The molecule has 0 saturated carbocycles. The Morgan fingerprint density at radius 3 is 2.33 bits per heavy atom. The number of rotatable bonds is 9. The molecule has 0 radical (unpaired) electrons. The van der Waals surface area contributed by atoms with Crippen molar-refractivity contribution in [2.45, 2.75) is 33.2 Å². The molecule has 1 unspecified atom stereocenters. The Balaban J connectivity index is 2.16. The van der Waals surface area contributed by atoms with Gasteiger partial charge in [0.15, 0.2) is 0 Å². The van der Waals surface area contributed by atoms with E-state index in [1.54, 1.807) is 25.1 Å². The van der Waals surface area contributed by atoms with E-state index in [0.717, 1.165) is 5.56 Å². The van der Waals surface area contributed by atoms with Crippen molar-refractivity contribution in [1.82, 2.24) is 5.32 Å². The van der Waals surface area contributed by atoms with Gasteiger partial charge in [-0.15, -0.1) is 0 Å². The predicted octanol–water partition coefficient (Wildman–Crippen LogP) is 3.63. The number of nitrogens with one attached hydrogen (secondary N) is 1. The van der Waals surface area contributed by atoms with Crippen molar-refractivity contribution in [2.24, 2.45) is 5.92 Å². The highest BCUT2D eigenvalue weighted by Gasteiger charge is 2.24. The van der Waals surface area contributed by atoms with Crippen molar-refractivity contribution >= 4 is 11.9 Å². The van der Waals surface area contributed by atoms with Gasteiger partial charge in [0.2, 0.25) is 0 Å². The molecule has 5 nitrogen and oxygen atoms in total. The molecule has 0 aliphatic heterocycles. The van der Waals surface area contributed by atoms with E-state index in [4.69, 9.17) is 9.47 Å². The van der Waals surface area contributed by atoms with Gasteiger partial charge in [-0.05, 0) is 30.5 Å². The minimum absolute atomic E-state index is 0.258. The summed E-state index contributed by atoms with van der Waals surface area (Å²) < 4.78 is 10.9. The predicted molar refractivity (Wildman–Crippen MR) is 105 cm³/mol. The van der Waals surface area contributed by atoms with Gasteiger partial charge < -0.3 is 14.8 Å². The quantitative estimate of drug-likeness (QED) is 0.686. The highest BCUT2D eigenvalue weighted by Crippen LogP contribution is 2.19. The zero-order valence-electron chi connectivity index (χ0n) is 16.1. The van der Waals surface area contributed by atoms with Crippen LogP contribution in [-0.4, -0.2) is 31.1 Å². The Labute approximate surface area is 160 Å². The number of para-hydroxylation sites is 1. The molecule has 0 bridgehead atoms. The summed E-state index contributed by atoms with van der Waals surface area (Å²) in [5.74, 6) is 0.0381. The Morgan fingerprint density at radius 2 is 1.67 bits per heavy atom. The summed E-state index contributed by atoms with van der Waals surface area (Å²) in [5.41, 5.74) is 1.35. The normalized spacial score (nSPS) is 11.7. The number of benzene rings is 2. The molecule has 1 N–H and O–H groups in total. The zero-order valence-corrected chi connectivity index (χ0v) is 16.1. The summed E-state index contributed by atoms with van der Waals surface area (Å²) in [4.78, 5) is 25.2. The monoisotopic (exact) mass is 369 g/mol. The number of ether oxygens (including phenoxy) is 2. The molecular weight excluding hydrogens is 342 g/mol. The lowest BCUT2D eigenvalue weighted by Crippen LogP contribution is -2.43. The van der Waals surface area contributed by atoms with Gasteiger partial charge in [0.1, 0.15) is 11.8 Å². The second kappa shape index (κ2) is 10.4. The molecule has 0 heterocycles. The van der Waals surface area contributed by atoms with Crippen LogP contribution in [0.1, 0.15) is 36.7 Å². The molecule has 0 aromatic heterocycles. The van der Waals surface area contributed by atoms with Gasteiger partial charge in [-0.1, -0.05) is 56.3 Å². The second-order valence-corrected chi connectivity index (χ2v) is 6.67. The fraction of sp³-hybridized carbons (Fsp3) is 0.364. The van der Waals surface area contributed by atoms with E-state index in [1.165, 1.54) is 0 Å². The highest BCUT2D eigenvalue weighted by atomic mass is 16.5. The molecule has 5 heteroatoms. The number of carbonyl (C=O) groups excluding carboxylic acids is 2. The van der Waals surface area contributed by atoms with Crippen LogP contribution >= 0.6 is 0 Å². The van der Waals surface area contributed by atoms with E-state index in [9.17, 15) is 9.59 Å². The molecule has 2 rings (SSSR count). The topological polar surface area (TPSA) is 64.6 Å². The Hall–Kier alpha value is -2.82. The molecule has 1 amide bonds. The van der Waals surface area contributed by atoms with E-state index in [-0.39, 0.29) is 12.5 Å². The van der Waals surface area contributed by atoms with E-state index in [1.807, 2.05) is 50.2 Å². The largest absolute Gasteiger partial charge is 0.492 e. The molecule has 0 aliphatic carbocycles. The first-order chi connectivity index (χ1) is 13.0. The molecule has 0 saturated heterocycles. The van der Waals surface area contributed by atoms with Crippen LogP contribution in [0, 0.1) is 5.92 Å². The third kappa shape index (κ3) is 6.44. The van der Waals surface area contributed by atoms with Crippen molar-refractivity contribution in [3.63, 3.8) is 0 Å². The number of amides is 1. The maximum atomic E-state index is 12.8. The first-order valence-corrected chi connectivity index (χ1v) is 9.24. The van der Waals surface area contributed by atoms with E-state index >= 15 is 0 Å².